The smallest absolute Gasteiger partial charge is 0.320 e. The molecule has 0 bridgehead atoms. The number of carboxylic acid groups (broad SMARTS) is 1. The molecule has 0 saturated heterocycles. The van der Waals surface area contributed by atoms with Crippen LogP contribution >= 0.6 is 0 Å². The zero-order valence-electron chi connectivity index (χ0n) is 11.1. The molecular weight excluding hydrogens is 246 g/mol. The van der Waals surface area contributed by atoms with Crippen molar-refractivity contribution in [2.24, 2.45) is 0 Å². The molecule has 0 spiro atoms. The predicted octanol–water partition coefficient (Wildman–Crippen LogP) is 1.05. The molecule has 3 N–H and O–H groups in total. The summed E-state index contributed by atoms with van der Waals surface area (Å²) >= 11 is 0. The van der Waals surface area contributed by atoms with E-state index in [9.17, 15) is 4.79 Å². The minimum atomic E-state index is -0.867. The number of ether oxygens (including phenoxy) is 1. The average molecular weight is 267 g/mol. The summed E-state index contributed by atoms with van der Waals surface area (Å²) in [5.74, 6) is -0.161. The van der Waals surface area contributed by atoms with E-state index in [1.54, 1.807) is 0 Å². The van der Waals surface area contributed by atoms with Gasteiger partial charge < -0.3 is 20.3 Å². The van der Waals surface area contributed by atoms with Gasteiger partial charge in [0.05, 0.1) is 6.61 Å². The molecule has 106 valence electrons. The van der Waals surface area contributed by atoms with Gasteiger partial charge in [0.15, 0.2) is 0 Å². The van der Waals surface area contributed by atoms with Crippen molar-refractivity contribution in [3.05, 3.63) is 29.8 Å². The molecule has 0 saturated carbocycles. The topological polar surface area (TPSA) is 78.8 Å². The van der Waals surface area contributed by atoms with Gasteiger partial charge in [-0.05, 0) is 24.6 Å². The summed E-state index contributed by atoms with van der Waals surface area (Å²) in [4.78, 5) is 11.0. The van der Waals surface area contributed by atoms with Gasteiger partial charge in [0.25, 0.3) is 0 Å². The summed E-state index contributed by atoms with van der Waals surface area (Å²) in [5.41, 5.74) is 0.931. The van der Waals surface area contributed by atoms with Gasteiger partial charge in [0.1, 0.15) is 11.8 Å². The first kappa shape index (κ1) is 15.5. The first-order valence-corrected chi connectivity index (χ1v) is 6.46. The highest BCUT2D eigenvalue weighted by molar-refractivity contribution is 5.73. The Morgan fingerprint density at radius 2 is 2.16 bits per heavy atom. The normalized spacial score (nSPS) is 12.1. The quantitative estimate of drug-likeness (QED) is 0.623. The Kier molecular flexibility index (Phi) is 6.92. The Hall–Kier alpha value is -1.59. The van der Waals surface area contributed by atoms with Crippen LogP contribution in [-0.2, 0) is 11.2 Å². The van der Waals surface area contributed by atoms with Crippen molar-refractivity contribution < 1.29 is 19.7 Å². The molecule has 5 nitrogen and oxygen atoms in total. The van der Waals surface area contributed by atoms with E-state index in [1.807, 2.05) is 31.2 Å². The number of aliphatic hydroxyl groups excluding tert-OH is 1. The zero-order valence-corrected chi connectivity index (χ0v) is 11.1. The molecule has 5 heteroatoms. The van der Waals surface area contributed by atoms with Crippen LogP contribution in [0.5, 0.6) is 5.75 Å². The van der Waals surface area contributed by atoms with Gasteiger partial charge in [-0.2, -0.15) is 0 Å². The van der Waals surface area contributed by atoms with Crippen molar-refractivity contribution in [1.29, 1.82) is 0 Å². The highest BCUT2D eigenvalue weighted by Gasteiger charge is 2.15. The van der Waals surface area contributed by atoms with Crippen LogP contribution in [0.15, 0.2) is 24.3 Å². The maximum atomic E-state index is 11.0. The minimum absolute atomic E-state index is 0.0650. The lowest BCUT2D eigenvalue weighted by atomic mass is 10.1. The standard InChI is InChI=1S/C14H21NO4/c1-2-15-12(14(17)18)8-10-19-13-6-4-3-5-11(13)7-9-16/h3-6,12,15-16H,2,7-10H2,1H3,(H,17,18). The van der Waals surface area contributed by atoms with E-state index in [1.165, 1.54) is 0 Å². The minimum Gasteiger partial charge on any atom is -0.493 e. The molecule has 0 fully saturated rings. The van der Waals surface area contributed by atoms with Crippen molar-refractivity contribution in [3.8, 4) is 5.75 Å². The second-order valence-electron chi connectivity index (χ2n) is 4.17. The van der Waals surface area contributed by atoms with Crippen LogP contribution in [0.4, 0.5) is 0 Å². The number of carboxylic acids is 1. The van der Waals surface area contributed by atoms with E-state index >= 15 is 0 Å². The molecule has 19 heavy (non-hydrogen) atoms. The average Bonchev–Trinajstić information content (AvgIpc) is 2.40. The number of para-hydroxylation sites is 1. The van der Waals surface area contributed by atoms with Crippen LogP contribution in [0.2, 0.25) is 0 Å². The number of carbonyl (C=O) groups is 1. The van der Waals surface area contributed by atoms with Gasteiger partial charge in [-0.3, -0.25) is 4.79 Å². The third kappa shape index (κ3) is 5.28. The second kappa shape index (κ2) is 8.50. The number of hydrogen-bond donors (Lipinski definition) is 3. The first-order chi connectivity index (χ1) is 9.19. The van der Waals surface area contributed by atoms with Gasteiger partial charge in [-0.15, -0.1) is 0 Å². The van der Waals surface area contributed by atoms with Gasteiger partial charge in [0.2, 0.25) is 0 Å². The van der Waals surface area contributed by atoms with Crippen molar-refractivity contribution in [1.82, 2.24) is 5.32 Å². The fraction of sp³-hybridized carbons (Fsp3) is 0.500. The molecule has 0 aromatic heterocycles. The zero-order chi connectivity index (χ0) is 14.1. The van der Waals surface area contributed by atoms with Gasteiger partial charge in [0, 0.05) is 13.0 Å². The Labute approximate surface area is 113 Å². The molecule has 1 aromatic rings. The third-order valence-electron chi connectivity index (χ3n) is 2.77. The highest BCUT2D eigenvalue weighted by Crippen LogP contribution is 2.18. The van der Waals surface area contributed by atoms with Crippen LogP contribution in [0.3, 0.4) is 0 Å². The molecular formula is C14H21NO4. The lowest BCUT2D eigenvalue weighted by molar-refractivity contribution is -0.139. The van der Waals surface area contributed by atoms with Crippen LogP contribution in [-0.4, -0.2) is 42.0 Å². The van der Waals surface area contributed by atoms with E-state index < -0.39 is 12.0 Å². The van der Waals surface area contributed by atoms with E-state index in [-0.39, 0.29) is 6.61 Å². The molecule has 0 aliphatic rings. The summed E-state index contributed by atoms with van der Waals surface area (Å²) in [5, 5.41) is 20.8. The lowest BCUT2D eigenvalue weighted by Gasteiger charge is -2.15. The highest BCUT2D eigenvalue weighted by atomic mass is 16.5. The first-order valence-electron chi connectivity index (χ1n) is 6.46. The van der Waals surface area contributed by atoms with Crippen LogP contribution in [0, 0.1) is 0 Å². The maximum absolute atomic E-state index is 11.0. The summed E-state index contributed by atoms with van der Waals surface area (Å²) in [6, 6.07) is 6.87. The van der Waals surface area contributed by atoms with Crippen LogP contribution in [0.1, 0.15) is 18.9 Å². The third-order valence-corrected chi connectivity index (χ3v) is 2.77. The molecule has 0 aliphatic carbocycles. The van der Waals surface area contributed by atoms with Gasteiger partial charge in [-0.1, -0.05) is 25.1 Å². The Bertz CT molecular complexity index is 395. The molecule has 0 aliphatic heterocycles. The Balaban J connectivity index is 2.50. The molecule has 1 aromatic carbocycles. The SMILES string of the molecule is CCNC(CCOc1ccccc1CCO)C(=O)O. The summed E-state index contributed by atoms with van der Waals surface area (Å²) in [6.45, 7) is 2.87. The van der Waals surface area contributed by atoms with Crippen molar-refractivity contribution in [2.75, 3.05) is 19.8 Å². The van der Waals surface area contributed by atoms with Gasteiger partial charge in [-0.25, -0.2) is 0 Å². The number of aliphatic hydroxyl groups is 1. The maximum Gasteiger partial charge on any atom is 0.320 e. The summed E-state index contributed by atoms with van der Waals surface area (Å²) < 4.78 is 5.60. The number of benzene rings is 1. The van der Waals surface area contributed by atoms with Crippen LogP contribution in [0.25, 0.3) is 0 Å². The Morgan fingerprint density at radius 1 is 1.42 bits per heavy atom. The number of rotatable bonds is 9. The molecule has 0 amide bonds. The van der Waals surface area contributed by atoms with Crippen LogP contribution < -0.4 is 10.1 Å². The van der Waals surface area contributed by atoms with E-state index in [2.05, 4.69) is 5.32 Å². The number of likely N-dealkylation sites (N-methyl/N-ethyl adjacent to an activating group) is 1. The molecule has 0 radical (unpaired) electrons. The van der Waals surface area contributed by atoms with Crippen molar-refractivity contribution in [3.63, 3.8) is 0 Å². The number of nitrogens with one attached hydrogen (secondary N) is 1. The van der Waals surface area contributed by atoms with E-state index in [4.69, 9.17) is 14.9 Å². The van der Waals surface area contributed by atoms with Crippen molar-refractivity contribution in [2.45, 2.75) is 25.8 Å². The van der Waals surface area contributed by atoms with Gasteiger partial charge >= 0.3 is 5.97 Å². The Morgan fingerprint density at radius 3 is 2.79 bits per heavy atom. The molecule has 0 heterocycles. The fourth-order valence-electron chi connectivity index (χ4n) is 1.82. The largest absolute Gasteiger partial charge is 0.493 e. The predicted molar refractivity (Wildman–Crippen MR) is 72.4 cm³/mol. The number of hydrogen-bond acceptors (Lipinski definition) is 4. The molecule has 1 atom stereocenters. The van der Waals surface area contributed by atoms with Crippen molar-refractivity contribution >= 4 is 5.97 Å². The molecule has 1 unspecified atom stereocenters. The molecule has 1 rings (SSSR count). The second-order valence-corrected chi connectivity index (χ2v) is 4.17. The summed E-state index contributed by atoms with van der Waals surface area (Å²) in [6.07, 6.45) is 0.933. The summed E-state index contributed by atoms with van der Waals surface area (Å²) in [7, 11) is 0. The number of aliphatic carboxylic acids is 1. The monoisotopic (exact) mass is 267 g/mol. The lowest BCUT2D eigenvalue weighted by Crippen LogP contribution is -2.37. The van der Waals surface area contributed by atoms with E-state index in [0.717, 1.165) is 5.56 Å². The van der Waals surface area contributed by atoms with E-state index in [0.29, 0.717) is 31.7 Å². The fourth-order valence-corrected chi connectivity index (χ4v) is 1.82.